The molecule has 1 nitrogen and oxygen atoms in total. The molecule has 1 aliphatic carbocycles. The van der Waals surface area contributed by atoms with Crippen LogP contribution in [0, 0.1) is 16.7 Å². The highest BCUT2D eigenvalue weighted by molar-refractivity contribution is 5.81. The molecule has 1 heteroatoms. The Morgan fingerprint density at radius 3 is 2.41 bits per heavy atom. The Balaban J connectivity index is 2.78. The van der Waals surface area contributed by atoms with Crippen molar-refractivity contribution in [3.05, 3.63) is 23.8 Å². The van der Waals surface area contributed by atoms with Crippen molar-refractivity contribution >= 4 is 5.78 Å². The zero-order chi connectivity index (χ0) is 13.4. The molecule has 1 unspecified atom stereocenters. The average molecular weight is 234 g/mol. The average Bonchev–Trinajstić information content (AvgIpc) is 2.40. The van der Waals surface area contributed by atoms with Gasteiger partial charge < -0.3 is 0 Å². The van der Waals surface area contributed by atoms with Gasteiger partial charge in [-0.15, -0.1) is 0 Å². The first-order valence-electron chi connectivity index (χ1n) is 6.45. The van der Waals surface area contributed by atoms with Crippen molar-refractivity contribution in [2.24, 2.45) is 16.7 Å². The molecule has 96 valence electrons. The molecule has 0 amide bonds. The second-order valence-electron chi connectivity index (χ2n) is 6.67. The van der Waals surface area contributed by atoms with Crippen molar-refractivity contribution in [2.75, 3.05) is 0 Å². The molecule has 0 aromatic carbocycles. The van der Waals surface area contributed by atoms with Crippen LogP contribution in [0.2, 0.25) is 0 Å². The lowest BCUT2D eigenvalue weighted by molar-refractivity contribution is -0.124. The van der Waals surface area contributed by atoms with Crippen LogP contribution in [0.5, 0.6) is 0 Å². The Kier molecular flexibility index (Phi) is 3.71. The maximum atomic E-state index is 11.6. The molecule has 0 saturated heterocycles. The number of Topliss-reactive ketones (excluding diaryl/α,β-unsaturated/α-hetero) is 1. The third-order valence-corrected chi connectivity index (χ3v) is 4.66. The fourth-order valence-corrected chi connectivity index (χ4v) is 2.62. The van der Waals surface area contributed by atoms with E-state index in [-0.39, 0.29) is 16.6 Å². The molecule has 1 aliphatic rings. The quantitative estimate of drug-likeness (QED) is 0.653. The number of hydrogen-bond donors (Lipinski definition) is 0. The minimum atomic E-state index is -0.274. The maximum Gasteiger partial charge on any atom is 0.135 e. The van der Waals surface area contributed by atoms with Crippen LogP contribution in [-0.2, 0) is 4.79 Å². The summed E-state index contributed by atoms with van der Waals surface area (Å²) in [6.07, 6.45) is 4.19. The van der Waals surface area contributed by atoms with Crippen molar-refractivity contribution in [3.8, 4) is 0 Å². The zero-order valence-electron chi connectivity index (χ0n) is 12.2. The SMILES string of the molecule is C=C(CC(C)(C)C(C)=O)C1CC=C(C)C1(C)C. The third-order valence-electron chi connectivity index (χ3n) is 4.66. The van der Waals surface area contributed by atoms with Gasteiger partial charge in [-0.3, -0.25) is 4.79 Å². The molecule has 1 rings (SSSR count). The highest BCUT2D eigenvalue weighted by Crippen LogP contribution is 2.48. The van der Waals surface area contributed by atoms with E-state index >= 15 is 0 Å². The smallest absolute Gasteiger partial charge is 0.135 e. The molecule has 0 aromatic rings. The summed E-state index contributed by atoms with van der Waals surface area (Å²) in [7, 11) is 0. The number of carbonyl (C=O) groups is 1. The van der Waals surface area contributed by atoms with Crippen LogP contribution in [0.4, 0.5) is 0 Å². The molecule has 0 spiro atoms. The van der Waals surface area contributed by atoms with Crippen molar-refractivity contribution in [2.45, 2.75) is 54.4 Å². The lowest BCUT2D eigenvalue weighted by Gasteiger charge is -2.34. The summed E-state index contributed by atoms with van der Waals surface area (Å²) in [4.78, 5) is 11.6. The summed E-state index contributed by atoms with van der Waals surface area (Å²) in [5, 5.41) is 0. The lowest BCUT2D eigenvalue weighted by Crippen LogP contribution is -2.27. The highest BCUT2D eigenvalue weighted by atomic mass is 16.1. The summed E-state index contributed by atoms with van der Waals surface area (Å²) in [5.41, 5.74) is 2.60. The van der Waals surface area contributed by atoms with Gasteiger partial charge in [0.25, 0.3) is 0 Å². The fraction of sp³-hybridized carbons (Fsp3) is 0.688. The first-order valence-corrected chi connectivity index (χ1v) is 6.45. The first-order chi connectivity index (χ1) is 7.59. The Morgan fingerprint density at radius 1 is 1.53 bits per heavy atom. The van der Waals surface area contributed by atoms with E-state index in [9.17, 15) is 4.79 Å². The number of ketones is 1. The Labute approximate surface area is 106 Å². The van der Waals surface area contributed by atoms with E-state index in [4.69, 9.17) is 0 Å². The molecular formula is C16H26O. The molecule has 0 radical (unpaired) electrons. The standard InChI is InChI=1S/C16H26O/c1-11(10-15(4,5)13(3)17)14-9-8-12(2)16(14,6)7/h8,14H,1,9-10H2,2-7H3. The molecule has 0 fully saturated rings. The van der Waals surface area contributed by atoms with E-state index in [0.717, 1.165) is 12.8 Å². The van der Waals surface area contributed by atoms with E-state index in [1.807, 2.05) is 13.8 Å². The molecule has 0 heterocycles. The number of rotatable bonds is 4. The Bertz CT molecular complexity index is 369. The van der Waals surface area contributed by atoms with Crippen molar-refractivity contribution in [1.82, 2.24) is 0 Å². The van der Waals surface area contributed by atoms with E-state index < -0.39 is 0 Å². The van der Waals surface area contributed by atoms with E-state index in [0.29, 0.717) is 5.92 Å². The summed E-state index contributed by atoms with van der Waals surface area (Å²) in [5.74, 6) is 0.736. The van der Waals surface area contributed by atoms with Gasteiger partial charge >= 0.3 is 0 Å². The highest BCUT2D eigenvalue weighted by Gasteiger charge is 2.38. The van der Waals surface area contributed by atoms with Crippen molar-refractivity contribution in [3.63, 3.8) is 0 Å². The monoisotopic (exact) mass is 234 g/mol. The predicted octanol–water partition coefficient (Wildman–Crippen LogP) is 4.54. The van der Waals surface area contributed by atoms with E-state index in [1.165, 1.54) is 11.1 Å². The van der Waals surface area contributed by atoms with Crippen LogP contribution < -0.4 is 0 Å². The minimum Gasteiger partial charge on any atom is -0.299 e. The van der Waals surface area contributed by atoms with Gasteiger partial charge in [0.2, 0.25) is 0 Å². The topological polar surface area (TPSA) is 17.1 Å². The van der Waals surface area contributed by atoms with Gasteiger partial charge in [-0.05, 0) is 38.0 Å². The van der Waals surface area contributed by atoms with E-state index in [1.54, 1.807) is 6.92 Å². The van der Waals surface area contributed by atoms with Crippen LogP contribution in [0.25, 0.3) is 0 Å². The van der Waals surface area contributed by atoms with Gasteiger partial charge in [-0.25, -0.2) is 0 Å². The van der Waals surface area contributed by atoms with Gasteiger partial charge in [0.1, 0.15) is 5.78 Å². The molecule has 17 heavy (non-hydrogen) atoms. The summed E-state index contributed by atoms with van der Waals surface area (Å²) in [6.45, 7) is 16.7. The minimum absolute atomic E-state index is 0.198. The largest absolute Gasteiger partial charge is 0.299 e. The summed E-state index contributed by atoms with van der Waals surface area (Å²) >= 11 is 0. The third kappa shape index (κ3) is 2.70. The normalized spacial score (nSPS) is 23.4. The van der Waals surface area contributed by atoms with Gasteiger partial charge in [-0.1, -0.05) is 51.5 Å². The van der Waals surface area contributed by atoms with Crippen LogP contribution in [0.15, 0.2) is 23.8 Å². The molecule has 1 atom stereocenters. The van der Waals surface area contributed by atoms with Crippen LogP contribution in [0.3, 0.4) is 0 Å². The van der Waals surface area contributed by atoms with Crippen LogP contribution in [-0.4, -0.2) is 5.78 Å². The Hall–Kier alpha value is -0.850. The van der Waals surface area contributed by atoms with Crippen molar-refractivity contribution in [1.29, 1.82) is 0 Å². The molecule has 0 aliphatic heterocycles. The van der Waals surface area contributed by atoms with Gasteiger partial charge in [0.15, 0.2) is 0 Å². The first kappa shape index (κ1) is 14.2. The maximum absolute atomic E-state index is 11.6. The Morgan fingerprint density at radius 2 is 2.06 bits per heavy atom. The van der Waals surface area contributed by atoms with Crippen LogP contribution >= 0.6 is 0 Å². The van der Waals surface area contributed by atoms with Gasteiger partial charge in [0.05, 0.1) is 0 Å². The van der Waals surface area contributed by atoms with Crippen LogP contribution in [0.1, 0.15) is 54.4 Å². The second kappa shape index (κ2) is 4.44. The molecule has 0 N–H and O–H groups in total. The van der Waals surface area contributed by atoms with Crippen molar-refractivity contribution < 1.29 is 4.79 Å². The van der Waals surface area contributed by atoms with Gasteiger partial charge in [0, 0.05) is 5.41 Å². The second-order valence-corrected chi connectivity index (χ2v) is 6.67. The lowest BCUT2D eigenvalue weighted by atomic mass is 9.70. The molecule has 0 bridgehead atoms. The van der Waals surface area contributed by atoms with E-state index in [2.05, 4.69) is 33.4 Å². The molecule has 0 aromatic heterocycles. The zero-order valence-corrected chi connectivity index (χ0v) is 12.2. The predicted molar refractivity (Wildman–Crippen MR) is 73.9 cm³/mol. The molecular weight excluding hydrogens is 208 g/mol. The number of allylic oxidation sites excluding steroid dienone is 3. The fourth-order valence-electron chi connectivity index (χ4n) is 2.62. The summed E-state index contributed by atoms with van der Waals surface area (Å²) < 4.78 is 0. The number of carbonyl (C=O) groups excluding carboxylic acids is 1. The summed E-state index contributed by atoms with van der Waals surface area (Å²) in [6, 6.07) is 0. The van der Waals surface area contributed by atoms with Gasteiger partial charge in [-0.2, -0.15) is 0 Å². The molecule has 0 saturated carbocycles. The number of hydrogen-bond acceptors (Lipinski definition) is 1.